The van der Waals surface area contributed by atoms with Gasteiger partial charge in [-0.05, 0) is 48.8 Å². The number of aromatic nitrogens is 4. The Labute approximate surface area is 100 Å². The van der Waals surface area contributed by atoms with Crippen molar-refractivity contribution in [2.45, 2.75) is 6.54 Å². The predicted molar refractivity (Wildman–Crippen MR) is 66.1 cm³/mol. The van der Waals surface area contributed by atoms with Crippen molar-refractivity contribution in [2.75, 3.05) is 26.5 Å². The average Bonchev–Trinajstić information content (AvgIpc) is 2.76. The fourth-order valence-corrected chi connectivity index (χ4v) is 1.56. The van der Waals surface area contributed by atoms with Crippen LogP contribution in [0.25, 0.3) is 5.69 Å². The first kappa shape index (κ1) is 11.5. The van der Waals surface area contributed by atoms with Crippen molar-refractivity contribution in [1.82, 2.24) is 25.1 Å². The summed E-state index contributed by atoms with van der Waals surface area (Å²) in [6.45, 7) is 0.709. The Balaban J connectivity index is 2.29. The van der Waals surface area contributed by atoms with Gasteiger partial charge in [-0.25, -0.2) is 0 Å². The van der Waals surface area contributed by atoms with Gasteiger partial charge in [-0.15, -0.1) is 5.10 Å². The second-order valence-corrected chi connectivity index (χ2v) is 4.04. The Bertz CT molecular complexity index is 473. The molecule has 0 fully saturated rings. The number of benzene rings is 1. The highest BCUT2D eigenvalue weighted by Gasteiger charge is 2.08. The van der Waals surface area contributed by atoms with Gasteiger partial charge in [-0.1, -0.05) is 0 Å². The second-order valence-electron chi connectivity index (χ2n) is 4.04. The van der Waals surface area contributed by atoms with Crippen molar-refractivity contribution < 1.29 is 0 Å². The topological polar surface area (TPSA) is 58.9 Å². The van der Waals surface area contributed by atoms with Gasteiger partial charge in [0.15, 0.2) is 5.82 Å². The maximum atomic E-state index is 4.02. The minimum absolute atomic E-state index is 0.709. The minimum atomic E-state index is 0.709. The third kappa shape index (κ3) is 2.59. The largest absolute Gasteiger partial charge is 0.388 e. The monoisotopic (exact) mass is 232 g/mol. The van der Waals surface area contributed by atoms with Crippen molar-refractivity contribution in [3.63, 3.8) is 0 Å². The number of nitrogens with one attached hydrogen (secondary N) is 1. The van der Waals surface area contributed by atoms with Gasteiger partial charge in [0.2, 0.25) is 0 Å². The summed E-state index contributed by atoms with van der Waals surface area (Å²) in [5, 5.41) is 14.8. The molecule has 0 saturated heterocycles. The van der Waals surface area contributed by atoms with Gasteiger partial charge >= 0.3 is 0 Å². The number of anilines is 1. The molecule has 0 bridgehead atoms. The van der Waals surface area contributed by atoms with E-state index < -0.39 is 0 Å². The van der Waals surface area contributed by atoms with Crippen LogP contribution in [0, 0.1) is 0 Å². The van der Waals surface area contributed by atoms with Gasteiger partial charge in [0.25, 0.3) is 0 Å². The van der Waals surface area contributed by atoms with Crippen LogP contribution in [0.15, 0.2) is 24.3 Å². The van der Waals surface area contributed by atoms with E-state index in [4.69, 9.17) is 0 Å². The molecule has 90 valence electrons. The van der Waals surface area contributed by atoms with Crippen molar-refractivity contribution >= 4 is 5.69 Å². The van der Waals surface area contributed by atoms with E-state index >= 15 is 0 Å². The van der Waals surface area contributed by atoms with Gasteiger partial charge in [-0.3, -0.25) is 0 Å². The van der Waals surface area contributed by atoms with E-state index in [1.165, 1.54) is 0 Å². The summed E-state index contributed by atoms with van der Waals surface area (Å²) in [6, 6.07) is 7.97. The highest BCUT2D eigenvalue weighted by Crippen LogP contribution is 2.13. The van der Waals surface area contributed by atoms with E-state index in [1.807, 2.05) is 50.3 Å². The molecule has 0 unspecified atom stereocenters. The Hall–Kier alpha value is -1.95. The summed E-state index contributed by atoms with van der Waals surface area (Å²) in [6.07, 6.45) is 0. The molecule has 0 saturated carbocycles. The van der Waals surface area contributed by atoms with Crippen LogP contribution in [0.4, 0.5) is 5.69 Å². The Kier molecular flexibility index (Phi) is 3.34. The first-order valence-electron chi connectivity index (χ1n) is 5.41. The Morgan fingerprint density at radius 1 is 1.24 bits per heavy atom. The molecule has 6 heteroatoms. The van der Waals surface area contributed by atoms with Crippen LogP contribution < -0.4 is 5.32 Å². The van der Waals surface area contributed by atoms with Crippen LogP contribution in [0.1, 0.15) is 5.82 Å². The van der Waals surface area contributed by atoms with Gasteiger partial charge in [0.05, 0.1) is 12.2 Å². The van der Waals surface area contributed by atoms with E-state index in [9.17, 15) is 0 Å². The van der Waals surface area contributed by atoms with Crippen LogP contribution in [0.3, 0.4) is 0 Å². The van der Waals surface area contributed by atoms with Crippen LogP contribution in [-0.4, -0.2) is 46.3 Å². The van der Waals surface area contributed by atoms with E-state index in [0.29, 0.717) is 6.54 Å². The fraction of sp³-hybridized carbons (Fsp3) is 0.364. The standard InChI is InChI=1S/C11H16N6/c1-12-9-4-6-10(7-5-9)17-11(8-16(2)3)13-14-15-17/h4-7,12H,8H2,1-3H3. The van der Waals surface area contributed by atoms with Gasteiger partial charge in [0.1, 0.15) is 0 Å². The SMILES string of the molecule is CNc1ccc(-n2nnnc2CN(C)C)cc1. The van der Waals surface area contributed by atoms with Crippen LogP contribution in [-0.2, 0) is 6.54 Å². The number of hydrogen-bond acceptors (Lipinski definition) is 5. The molecule has 0 radical (unpaired) electrons. The molecule has 0 spiro atoms. The summed E-state index contributed by atoms with van der Waals surface area (Å²) >= 11 is 0. The molecule has 1 aromatic heterocycles. The van der Waals surface area contributed by atoms with Crippen LogP contribution >= 0.6 is 0 Å². The lowest BCUT2D eigenvalue weighted by Gasteiger charge is -2.09. The molecule has 17 heavy (non-hydrogen) atoms. The number of nitrogens with zero attached hydrogens (tertiary/aromatic N) is 5. The van der Waals surface area contributed by atoms with Crippen molar-refractivity contribution in [2.24, 2.45) is 0 Å². The molecular weight excluding hydrogens is 216 g/mol. The minimum Gasteiger partial charge on any atom is -0.388 e. The quantitative estimate of drug-likeness (QED) is 0.843. The predicted octanol–water partition coefficient (Wildman–Crippen LogP) is 0.766. The Morgan fingerprint density at radius 3 is 2.53 bits per heavy atom. The van der Waals surface area contributed by atoms with Gasteiger partial charge < -0.3 is 10.2 Å². The highest BCUT2D eigenvalue weighted by molar-refractivity contribution is 5.47. The first-order chi connectivity index (χ1) is 8.20. The van der Waals surface area contributed by atoms with E-state index in [-0.39, 0.29) is 0 Å². The number of rotatable bonds is 4. The molecule has 0 atom stereocenters. The lowest BCUT2D eigenvalue weighted by Crippen LogP contribution is -2.15. The third-order valence-corrected chi connectivity index (χ3v) is 2.39. The first-order valence-corrected chi connectivity index (χ1v) is 5.41. The molecular formula is C11H16N6. The molecule has 0 aliphatic carbocycles. The lowest BCUT2D eigenvalue weighted by molar-refractivity contribution is 0.385. The summed E-state index contributed by atoms with van der Waals surface area (Å²) in [5.41, 5.74) is 2.03. The maximum Gasteiger partial charge on any atom is 0.170 e. The summed E-state index contributed by atoms with van der Waals surface area (Å²) < 4.78 is 1.75. The molecule has 2 rings (SSSR count). The zero-order valence-corrected chi connectivity index (χ0v) is 10.3. The molecule has 1 heterocycles. The Morgan fingerprint density at radius 2 is 1.94 bits per heavy atom. The zero-order chi connectivity index (χ0) is 12.3. The van der Waals surface area contributed by atoms with E-state index in [1.54, 1.807) is 4.68 Å². The lowest BCUT2D eigenvalue weighted by atomic mass is 10.3. The maximum absolute atomic E-state index is 4.02. The van der Waals surface area contributed by atoms with Gasteiger partial charge in [-0.2, -0.15) is 4.68 Å². The fourth-order valence-electron chi connectivity index (χ4n) is 1.56. The summed E-state index contributed by atoms with van der Waals surface area (Å²) in [5.74, 6) is 0.826. The number of hydrogen-bond donors (Lipinski definition) is 1. The van der Waals surface area contributed by atoms with Gasteiger partial charge in [0, 0.05) is 12.7 Å². The summed E-state index contributed by atoms with van der Waals surface area (Å²) in [7, 11) is 5.87. The molecule has 2 aromatic rings. The second kappa shape index (κ2) is 4.92. The molecule has 1 N–H and O–H groups in total. The normalized spacial score (nSPS) is 10.8. The molecule has 6 nitrogen and oxygen atoms in total. The van der Waals surface area contributed by atoms with E-state index in [0.717, 1.165) is 17.2 Å². The molecule has 0 aliphatic heterocycles. The van der Waals surface area contributed by atoms with E-state index in [2.05, 4.69) is 20.8 Å². The van der Waals surface area contributed by atoms with Crippen LogP contribution in [0.5, 0.6) is 0 Å². The summed E-state index contributed by atoms with van der Waals surface area (Å²) in [4.78, 5) is 2.03. The highest BCUT2D eigenvalue weighted by atomic mass is 15.5. The molecule has 0 amide bonds. The van der Waals surface area contributed by atoms with Crippen molar-refractivity contribution in [1.29, 1.82) is 0 Å². The smallest absolute Gasteiger partial charge is 0.170 e. The van der Waals surface area contributed by atoms with Crippen molar-refractivity contribution in [3.8, 4) is 5.69 Å². The number of tetrazole rings is 1. The van der Waals surface area contributed by atoms with Crippen LogP contribution in [0.2, 0.25) is 0 Å². The van der Waals surface area contributed by atoms with Crippen molar-refractivity contribution in [3.05, 3.63) is 30.1 Å². The molecule has 0 aliphatic rings. The molecule has 1 aromatic carbocycles. The zero-order valence-electron chi connectivity index (χ0n) is 10.3. The third-order valence-electron chi connectivity index (χ3n) is 2.39. The average molecular weight is 232 g/mol.